The van der Waals surface area contributed by atoms with E-state index >= 15 is 0 Å². The molecule has 8 heteroatoms. The number of benzene rings is 1. The molecule has 1 N–H and O–H groups in total. The van der Waals surface area contributed by atoms with E-state index in [0.29, 0.717) is 5.52 Å². The van der Waals surface area contributed by atoms with Crippen molar-refractivity contribution < 1.29 is 23.6 Å². The summed E-state index contributed by atoms with van der Waals surface area (Å²) in [6.45, 7) is 16.3. The van der Waals surface area contributed by atoms with Crippen LogP contribution in [0.4, 0.5) is 4.79 Å². The van der Waals surface area contributed by atoms with E-state index in [-0.39, 0.29) is 10.9 Å². The fourth-order valence-electron chi connectivity index (χ4n) is 2.35. The lowest BCUT2D eigenvalue weighted by Gasteiger charge is -2.36. The minimum Gasteiger partial charge on any atom is -0.543 e. The average molecular weight is 391 g/mol. The molecule has 0 amide bonds. The van der Waals surface area contributed by atoms with Gasteiger partial charge in [0.2, 0.25) is 8.32 Å². The highest BCUT2D eigenvalue weighted by Gasteiger charge is 2.39. The van der Waals surface area contributed by atoms with Gasteiger partial charge in [0.15, 0.2) is 5.88 Å². The highest BCUT2D eigenvalue weighted by atomic mass is 28.4. The molecule has 0 saturated carbocycles. The molecule has 0 aliphatic heterocycles. The van der Waals surface area contributed by atoms with E-state index in [4.69, 9.17) is 13.8 Å². The first-order valence-electron chi connectivity index (χ1n) is 9.07. The number of ether oxygens (including phenoxy) is 1. The summed E-state index contributed by atoms with van der Waals surface area (Å²) in [6, 6.07) is 7.26. The van der Waals surface area contributed by atoms with E-state index in [9.17, 15) is 9.82 Å². The predicted octanol–water partition coefficient (Wildman–Crippen LogP) is 4.45. The predicted molar refractivity (Wildman–Crippen MR) is 111 cm³/mol. The molecule has 0 aliphatic rings. The van der Waals surface area contributed by atoms with Crippen molar-refractivity contribution in [2.45, 2.75) is 65.3 Å². The zero-order valence-electron chi connectivity index (χ0n) is 17.5. The molecule has 1 heterocycles. The van der Waals surface area contributed by atoms with Crippen LogP contribution in [-0.2, 0) is 4.74 Å². The molecule has 1 aromatic heterocycles. The summed E-state index contributed by atoms with van der Waals surface area (Å²) in [5.41, 5.74) is -0.00879. The van der Waals surface area contributed by atoms with Crippen LogP contribution in [0, 0.1) is 0 Å². The monoisotopic (exact) mass is 391 g/mol. The van der Waals surface area contributed by atoms with Gasteiger partial charge >= 0.3 is 13.8 Å². The number of aromatic nitrogens is 1. The number of carbonyl (C=O) groups excluding carboxylic acids is 1. The second-order valence-electron chi connectivity index (χ2n) is 9.15. The Kier molecular flexibility index (Phi) is 5.73. The van der Waals surface area contributed by atoms with Gasteiger partial charge in [0.1, 0.15) is 11.4 Å². The third-order valence-electron chi connectivity index (χ3n) is 4.71. The third-order valence-corrected chi connectivity index (χ3v) is 9.07. The van der Waals surface area contributed by atoms with Crippen molar-refractivity contribution in [2.75, 3.05) is 0 Å². The molecule has 0 fully saturated rings. The number of hydrogen-bond acceptors (Lipinski definition) is 5. The van der Waals surface area contributed by atoms with E-state index in [1.807, 2.05) is 18.2 Å². The van der Waals surface area contributed by atoms with Crippen LogP contribution in [0.5, 0.6) is 11.6 Å². The third kappa shape index (κ3) is 4.87. The number of fused-ring (bicyclic) bond motifs is 1. The molecule has 6 nitrogen and oxygen atoms in total. The molecule has 2 rings (SSSR count). The molecule has 0 unspecified atom stereocenters. The summed E-state index contributed by atoms with van der Waals surface area (Å²) in [5, 5.41) is 10.0. The summed E-state index contributed by atoms with van der Waals surface area (Å²) in [5.74, 6) is 0.984. The van der Waals surface area contributed by atoms with Gasteiger partial charge in [-0.2, -0.15) is 0 Å². The van der Waals surface area contributed by atoms with Crippen molar-refractivity contribution in [2.24, 2.45) is 0 Å². The summed E-state index contributed by atoms with van der Waals surface area (Å²) < 4.78 is 18.4. The lowest BCUT2D eigenvalue weighted by molar-refractivity contribution is 0.0537. The standard InChI is InChI=1S/C19H30BNO5Si/c1-18(2,3)24-17(22)21-15-10-9-14(26-27(7,8)19(4,5)6)11-13(15)12-16(21)25-20-23/h9-12,20,23H,1-8H3. The molecule has 0 saturated heterocycles. The van der Waals surface area contributed by atoms with Gasteiger partial charge in [-0.15, -0.1) is 0 Å². The molecule has 1 aromatic carbocycles. The number of nitrogens with zero attached hydrogens (tertiary/aromatic N) is 1. The summed E-state index contributed by atoms with van der Waals surface area (Å²) in [7, 11) is -2.51. The van der Waals surface area contributed by atoms with E-state index < -0.39 is 27.7 Å². The van der Waals surface area contributed by atoms with E-state index in [1.54, 1.807) is 26.8 Å². The Morgan fingerprint density at radius 1 is 1.11 bits per heavy atom. The van der Waals surface area contributed by atoms with Crippen molar-refractivity contribution in [3.05, 3.63) is 24.3 Å². The van der Waals surface area contributed by atoms with Crippen LogP contribution < -0.4 is 9.08 Å². The molecule has 0 bridgehead atoms. The Balaban J connectivity index is 2.47. The van der Waals surface area contributed by atoms with E-state index in [1.165, 1.54) is 4.57 Å². The van der Waals surface area contributed by atoms with Crippen LogP contribution in [0.15, 0.2) is 24.3 Å². The maximum atomic E-state index is 12.6. The van der Waals surface area contributed by atoms with Crippen molar-refractivity contribution in [3.8, 4) is 11.6 Å². The molecular weight excluding hydrogens is 361 g/mol. The molecule has 27 heavy (non-hydrogen) atoms. The van der Waals surface area contributed by atoms with Crippen molar-refractivity contribution in [1.29, 1.82) is 0 Å². The normalized spacial score (nSPS) is 12.8. The zero-order chi connectivity index (χ0) is 20.6. The second kappa shape index (κ2) is 7.24. The minimum atomic E-state index is -1.98. The van der Waals surface area contributed by atoms with E-state index in [0.717, 1.165) is 11.1 Å². The van der Waals surface area contributed by atoms with Crippen LogP contribution in [0.1, 0.15) is 41.5 Å². The van der Waals surface area contributed by atoms with Crippen LogP contribution in [0.3, 0.4) is 0 Å². The summed E-state index contributed by atoms with van der Waals surface area (Å²) in [6.07, 6.45) is -0.556. The summed E-state index contributed by atoms with van der Waals surface area (Å²) in [4.78, 5) is 12.6. The van der Waals surface area contributed by atoms with Gasteiger partial charge in [-0.25, -0.2) is 9.36 Å². The van der Waals surface area contributed by atoms with Crippen LogP contribution >= 0.6 is 0 Å². The molecule has 2 aromatic rings. The molecule has 0 atom stereocenters. The lowest BCUT2D eigenvalue weighted by atomic mass is 10.2. The first-order chi connectivity index (χ1) is 12.2. The fraction of sp³-hybridized carbons (Fsp3) is 0.526. The van der Waals surface area contributed by atoms with Gasteiger partial charge in [0.25, 0.3) is 0 Å². The first-order valence-corrected chi connectivity index (χ1v) is 12.0. The maximum Gasteiger partial charge on any atom is 0.505 e. The van der Waals surface area contributed by atoms with Crippen LogP contribution in [0.2, 0.25) is 18.1 Å². The number of carbonyl (C=O) groups is 1. The minimum absolute atomic E-state index is 0.0789. The van der Waals surface area contributed by atoms with E-state index in [2.05, 4.69) is 33.9 Å². The first kappa shape index (κ1) is 21.4. The van der Waals surface area contributed by atoms with Gasteiger partial charge in [-0.3, -0.25) is 0 Å². The van der Waals surface area contributed by atoms with Gasteiger partial charge in [0, 0.05) is 11.5 Å². The molecule has 148 valence electrons. The van der Waals surface area contributed by atoms with Gasteiger partial charge < -0.3 is 18.8 Å². The SMILES string of the molecule is CC(C)(C)OC(=O)n1c(OBO)cc2cc(O[Si](C)(C)C(C)(C)C)ccc21. The molecule has 0 spiro atoms. The van der Waals surface area contributed by atoms with Crippen LogP contribution in [-0.4, -0.2) is 37.3 Å². The lowest BCUT2D eigenvalue weighted by Crippen LogP contribution is -2.43. The highest BCUT2D eigenvalue weighted by Crippen LogP contribution is 2.38. The van der Waals surface area contributed by atoms with Gasteiger partial charge in [-0.1, -0.05) is 20.8 Å². The largest absolute Gasteiger partial charge is 0.543 e. The van der Waals surface area contributed by atoms with Crippen LogP contribution in [0.25, 0.3) is 10.9 Å². The molecular formula is C19H30BNO5Si. The topological polar surface area (TPSA) is 69.9 Å². The Morgan fingerprint density at radius 3 is 2.26 bits per heavy atom. The Hall–Kier alpha value is -1.93. The highest BCUT2D eigenvalue weighted by molar-refractivity contribution is 6.74. The number of rotatable bonds is 4. The summed E-state index contributed by atoms with van der Waals surface area (Å²) >= 11 is 0. The van der Waals surface area contributed by atoms with Gasteiger partial charge in [0.05, 0.1) is 5.52 Å². The molecule has 0 aliphatic carbocycles. The average Bonchev–Trinajstić information content (AvgIpc) is 2.81. The second-order valence-corrected chi connectivity index (χ2v) is 13.9. The van der Waals surface area contributed by atoms with Crippen molar-refractivity contribution in [3.63, 3.8) is 0 Å². The van der Waals surface area contributed by atoms with Crippen molar-refractivity contribution >= 4 is 33.0 Å². The number of hydrogen-bond donors (Lipinski definition) is 1. The quantitative estimate of drug-likeness (QED) is 0.780. The Morgan fingerprint density at radius 2 is 1.74 bits per heavy atom. The van der Waals surface area contributed by atoms with Crippen molar-refractivity contribution in [1.82, 2.24) is 4.57 Å². The zero-order valence-corrected chi connectivity index (χ0v) is 18.5. The maximum absolute atomic E-state index is 12.6. The Bertz CT molecular complexity index is 833. The fourth-order valence-corrected chi connectivity index (χ4v) is 3.37. The Labute approximate surface area is 162 Å². The molecule has 0 radical (unpaired) electrons. The smallest absolute Gasteiger partial charge is 0.505 e. The van der Waals surface area contributed by atoms with Gasteiger partial charge in [-0.05, 0) is 57.1 Å².